The fraction of sp³-hybridized carbons (Fsp3) is 0.562. The van der Waals surface area contributed by atoms with Gasteiger partial charge in [0.15, 0.2) is 0 Å². The van der Waals surface area contributed by atoms with Crippen molar-refractivity contribution in [2.24, 2.45) is 0 Å². The van der Waals surface area contributed by atoms with Crippen LogP contribution >= 0.6 is 0 Å². The average molecular weight is 320 g/mol. The van der Waals surface area contributed by atoms with Gasteiger partial charge in [0.25, 0.3) is 5.91 Å². The summed E-state index contributed by atoms with van der Waals surface area (Å²) in [6, 6.07) is 2.79. The fourth-order valence-corrected chi connectivity index (χ4v) is 2.47. The van der Waals surface area contributed by atoms with E-state index in [-0.39, 0.29) is 30.2 Å². The molecule has 2 rings (SSSR count). The first-order valence-electron chi connectivity index (χ1n) is 8.06. The molecule has 1 aromatic heterocycles. The van der Waals surface area contributed by atoms with Crippen LogP contribution in [0.1, 0.15) is 43.1 Å². The third kappa shape index (κ3) is 4.92. The molecule has 4 N–H and O–H groups in total. The lowest BCUT2D eigenvalue weighted by molar-refractivity contribution is -0.122. The smallest absolute Gasteiger partial charge is 0.270 e. The van der Waals surface area contributed by atoms with E-state index < -0.39 is 6.04 Å². The van der Waals surface area contributed by atoms with Crippen molar-refractivity contribution in [3.8, 4) is 0 Å². The van der Waals surface area contributed by atoms with Gasteiger partial charge in [-0.1, -0.05) is 6.92 Å². The highest BCUT2D eigenvalue weighted by Crippen LogP contribution is 2.12. The van der Waals surface area contributed by atoms with Crippen LogP contribution in [0, 0.1) is 0 Å². The maximum atomic E-state index is 12.3. The van der Waals surface area contributed by atoms with Gasteiger partial charge in [0.2, 0.25) is 5.91 Å². The molecular weight excluding hydrogens is 296 g/mol. The lowest BCUT2D eigenvalue weighted by Crippen LogP contribution is -2.45. The van der Waals surface area contributed by atoms with Crippen molar-refractivity contribution < 1.29 is 14.7 Å². The quantitative estimate of drug-likeness (QED) is 0.617. The van der Waals surface area contributed by atoms with E-state index >= 15 is 0 Å². The maximum absolute atomic E-state index is 12.3. The Hall–Kier alpha value is -2.15. The summed E-state index contributed by atoms with van der Waals surface area (Å²) in [6.45, 7) is 2.64. The number of amides is 2. The van der Waals surface area contributed by atoms with Crippen LogP contribution in [-0.2, 0) is 4.79 Å². The van der Waals surface area contributed by atoms with E-state index in [0.29, 0.717) is 13.0 Å². The Labute approximate surface area is 135 Å². The number of aliphatic hydroxyl groups excluding tert-OH is 1. The van der Waals surface area contributed by atoms with Crippen LogP contribution in [-0.4, -0.2) is 47.1 Å². The van der Waals surface area contributed by atoms with E-state index in [1.54, 1.807) is 12.1 Å². The van der Waals surface area contributed by atoms with Crippen molar-refractivity contribution in [1.82, 2.24) is 15.6 Å². The van der Waals surface area contributed by atoms with Gasteiger partial charge >= 0.3 is 0 Å². The molecular formula is C16H24N4O3. The molecule has 1 aliphatic heterocycles. The molecule has 0 aromatic carbocycles. The lowest BCUT2D eigenvalue weighted by Gasteiger charge is -2.17. The summed E-state index contributed by atoms with van der Waals surface area (Å²) >= 11 is 0. The topological polar surface area (TPSA) is 103 Å². The van der Waals surface area contributed by atoms with E-state index in [0.717, 1.165) is 24.9 Å². The van der Waals surface area contributed by atoms with Crippen molar-refractivity contribution in [3.63, 3.8) is 0 Å². The standard InChI is InChI=1S/C16H24N4O3/c1-2-11(10-21)19-12-6-8-17-14(9-12)16(23)20-13-5-3-4-7-18-15(13)22/h6,8-9,11,13,21H,2-5,7,10H2,1H3,(H,17,19)(H,18,22)(H,20,23)/t11-,13+/m1/s1. The highest BCUT2D eigenvalue weighted by Gasteiger charge is 2.23. The number of carbonyl (C=O) groups is 2. The molecule has 0 bridgehead atoms. The van der Waals surface area contributed by atoms with Gasteiger partial charge in [0, 0.05) is 24.5 Å². The van der Waals surface area contributed by atoms with E-state index in [9.17, 15) is 14.7 Å². The van der Waals surface area contributed by atoms with Crippen molar-refractivity contribution >= 4 is 17.5 Å². The molecule has 7 heteroatoms. The van der Waals surface area contributed by atoms with Gasteiger partial charge in [-0.2, -0.15) is 0 Å². The Morgan fingerprint density at radius 1 is 1.52 bits per heavy atom. The maximum Gasteiger partial charge on any atom is 0.270 e. The SMILES string of the molecule is CC[C@H](CO)Nc1ccnc(C(=O)N[C@H]2CCCCNC2=O)c1. The summed E-state index contributed by atoms with van der Waals surface area (Å²) in [5, 5.41) is 17.9. The van der Waals surface area contributed by atoms with Gasteiger partial charge in [0.1, 0.15) is 11.7 Å². The predicted octanol–water partition coefficient (Wildman–Crippen LogP) is 0.663. The Morgan fingerprint density at radius 2 is 2.35 bits per heavy atom. The summed E-state index contributed by atoms with van der Waals surface area (Å²) in [4.78, 5) is 28.3. The van der Waals surface area contributed by atoms with E-state index in [1.165, 1.54) is 6.20 Å². The number of pyridine rings is 1. The van der Waals surface area contributed by atoms with E-state index in [4.69, 9.17) is 0 Å². The minimum atomic E-state index is -0.510. The predicted molar refractivity (Wildman–Crippen MR) is 87.1 cm³/mol. The van der Waals surface area contributed by atoms with Gasteiger partial charge in [-0.05, 0) is 37.8 Å². The van der Waals surface area contributed by atoms with Gasteiger partial charge in [-0.25, -0.2) is 0 Å². The molecule has 0 saturated carbocycles. The van der Waals surface area contributed by atoms with Crippen molar-refractivity contribution in [2.45, 2.75) is 44.7 Å². The second-order valence-corrected chi connectivity index (χ2v) is 5.67. The molecule has 2 atom stereocenters. The van der Waals surface area contributed by atoms with E-state index in [2.05, 4.69) is 20.9 Å². The van der Waals surface area contributed by atoms with Crippen LogP contribution in [0.25, 0.3) is 0 Å². The Morgan fingerprint density at radius 3 is 3.09 bits per heavy atom. The highest BCUT2D eigenvalue weighted by molar-refractivity contribution is 5.96. The zero-order chi connectivity index (χ0) is 16.7. The monoisotopic (exact) mass is 320 g/mol. The average Bonchev–Trinajstić information content (AvgIpc) is 2.77. The molecule has 2 amide bonds. The molecule has 0 aliphatic carbocycles. The number of nitrogens with one attached hydrogen (secondary N) is 3. The molecule has 0 radical (unpaired) electrons. The summed E-state index contributed by atoms with van der Waals surface area (Å²) < 4.78 is 0. The fourth-order valence-electron chi connectivity index (χ4n) is 2.47. The molecule has 126 valence electrons. The minimum absolute atomic E-state index is 0.0165. The largest absolute Gasteiger partial charge is 0.394 e. The summed E-state index contributed by atoms with van der Waals surface area (Å²) in [5.74, 6) is -0.510. The first-order chi connectivity index (χ1) is 11.1. The molecule has 0 spiro atoms. The van der Waals surface area contributed by atoms with Crippen LogP contribution in [0.2, 0.25) is 0 Å². The van der Waals surface area contributed by atoms with Gasteiger partial charge in [-0.3, -0.25) is 14.6 Å². The first kappa shape index (κ1) is 17.2. The second kappa shape index (κ2) is 8.47. The number of rotatable bonds is 6. The van der Waals surface area contributed by atoms with Crippen LogP contribution in [0.4, 0.5) is 5.69 Å². The van der Waals surface area contributed by atoms with Crippen molar-refractivity contribution in [3.05, 3.63) is 24.0 Å². The molecule has 0 unspecified atom stereocenters. The van der Waals surface area contributed by atoms with Crippen LogP contribution in [0.15, 0.2) is 18.3 Å². The molecule has 1 aliphatic rings. The number of hydrogen-bond donors (Lipinski definition) is 4. The highest BCUT2D eigenvalue weighted by atomic mass is 16.3. The minimum Gasteiger partial charge on any atom is -0.394 e. The second-order valence-electron chi connectivity index (χ2n) is 5.67. The number of hydrogen-bond acceptors (Lipinski definition) is 5. The third-order valence-corrected chi connectivity index (χ3v) is 3.92. The van der Waals surface area contributed by atoms with Crippen LogP contribution in [0.5, 0.6) is 0 Å². The third-order valence-electron chi connectivity index (χ3n) is 3.92. The van der Waals surface area contributed by atoms with Crippen molar-refractivity contribution in [2.75, 3.05) is 18.5 Å². The molecule has 7 nitrogen and oxygen atoms in total. The van der Waals surface area contributed by atoms with Gasteiger partial charge in [-0.15, -0.1) is 0 Å². The first-order valence-corrected chi connectivity index (χ1v) is 8.06. The number of carbonyl (C=O) groups excluding carboxylic acids is 2. The Kier molecular flexibility index (Phi) is 6.34. The molecule has 23 heavy (non-hydrogen) atoms. The normalized spacial score (nSPS) is 19.4. The summed E-state index contributed by atoms with van der Waals surface area (Å²) in [6.07, 6.45) is 4.76. The Bertz CT molecular complexity index is 546. The summed E-state index contributed by atoms with van der Waals surface area (Å²) in [7, 11) is 0. The zero-order valence-corrected chi connectivity index (χ0v) is 13.3. The van der Waals surface area contributed by atoms with Crippen LogP contribution in [0.3, 0.4) is 0 Å². The number of aliphatic hydroxyl groups is 1. The zero-order valence-electron chi connectivity index (χ0n) is 13.3. The number of anilines is 1. The van der Waals surface area contributed by atoms with E-state index in [1.807, 2.05) is 6.92 Å². The number of aromatic nitrogens is 1. The number of nitrogens with zero attached hydrogens (tertiary/aromatic N) is 1. The summed E-state index contributed by atoms with van der Waals surface area (Å²) in [5.41, 5.74) is 0.969. The molecule has 1 saturated heterocycles. The Balaban J connectivity index is 2.02. The van der Waals surface area contributed by atoms with Gasteiger partial charge < -0.3 is 21.1 Å². The van der Waals surface area contributed by atoms with Gasteiger partial charge in [0.05, 0.1) is 6.61 Å². The lowest BCUT2D eigenvalue weighted by atomic mass is 10.1. The van der Waals surface area contributed by atoms with Crippen LogP contribution < -0.4 is 16.0 Å². The molecule has 1 aromatic rings. The molecule has 2 heterocycles. The van der Waals surface area contributed by atoms with Crippen molar-refractivity contribution in [1.29, 1.82) is 0 Å². The molecule has 1 fully saturated rings.